The van der Waals surface area contributed by atoms with E-state index < -0.39 is 46.3 Å². The van der Waals surface area contributed by atoms with E-state index in [4.69, 9.17) is 9.52 Å². The molecule has 0 aliphatic heterocycles. The van der Waals surface area contributed by atoms with E-state index in [1.54, 1.807) is 0 Å². The number of phenols is 1. The van der Waals surface area contributed by atoms with Crippen molar-refractivity contribution in [2.24, 2.45) is 0 Å². The van der Waals surface area contributed by atoms with Crippen LogP contribution in [0.4, 0.5) is 0 Å². The smallest absolute Gasteiger partial charge is 0.336 e. The molecule has 0 unspecified atom stereocenters. The second kappa shape index (κ2) is 5.99. The maximum atomic E-state index is 12.8. The lowest BCUT2D eigenvalue weighted by atomic mass is 9.93. The molecule has 3 N–H and O–H groups in total. The molecule has 0 amide bonds. The Morgan fingerprint density at radius 3 is 2.38 bits per heavy atom. The number of aromatic hydroxyl groups is 1. The molecule has 0 fully saturated rings. The Balaban J connectivity index is 2.65. The van der Waals surface area contributed by atoms with Crippen molar-refractivity contribution < 1.29 is 34.1 Å². The first-order valence-electron chi connectivity index (χ1n) is 7.42. The lowest BCUT2D eigenvalue weighted by Gasteiger charge is -2.12. The minimum absolute atomic E-state index is 0.0474. The van der Waals surface area contributed by atoms with Gasteiger partial charge in [0.2, 0.25) is 5.43 Å². The van der Waals surface area contributed by atoms with Crippen molar-refractivity contribution in [3.05, 3.63) is 51.2 Å². The van der Waals surface area contributed by atoms with Crippen LogP contribution in [0.2, 0.25) is 0 Å². The Bertz CT molecular complexity index is 1170. The van der Waals surface area contributed by atoms with Gasteiger partial charge in [0.15, 0.2) is 11.4 Å². The molecule has 132 valence electrons. The fourth-order valence-corrected chi connectivity index (χ4v) is 2.96. The molecule has 0 aliphatic rings. The fourth-order valence-electron chi connectivity index (χ4n) is 2.96. The molecule has 1 aromatic heterocycles. The van der Waals surface area contributed by atoms with Gasteiger partial charge in [0.25, 0.3) is 0 Å². The number of phenolic OH excluding ortho intramolecular Hbond substituents is 1. The summed E-state index contributed by atoms with van der Waals surface area (Å²) in [5.74, 6) is -3.73. The maximum Gasteiger partial charge on any atom is 0.336 e. The Hall–Kier alpha value is -3.68. The Morgan fingerprint density at radius 2 is 1.81 bits per heavy atom. The first-order chi connectivity index (χ1) is 12.2. The summed E-state index contributed by atoms with van der Waals surface area (Å²) in [5.41, 5.74) is -1.92. The molecular weight excluding hydrogens is 344 g/mol. The zero-order valence-corrected chi connectivity index (χ0v) is 13.4. The van der Waals surface area contributed by atoms with Crippen LogP contribution in [0.1, 0.15) is 33.2 Å². The number of ketones is 1. The highest BCUT2D eigenvalue weighted by molar-refractivity contribution is 6.14. The predicted molar refractivity (Wildman–Crippen MR) is 90.0 cm³/mol. The van der Waals surface area contributed by atoms with Gasteiger partial charge in [-0.3, -0.25) is 14.4 Å². The van der Waals surface area contributed by atoms with Gasteiger partial charge >= 0.3 is 11.9 Å². The van der Waals surface area contributed by atoms with Gasteiger partial charge < -0.3 is 19.7 Å². The van der Waals surface area contributed by atoms with E-state index in [1.807, 2.05) is 0 Å². The molecule has 0 saturated carbocycles. The average molecular weight is 356 g/mol. The fraction of sp³-hybridized carbons (Fsp3) is 0.111. The van der Waals surface area contributed by atoms with Crippen molar-refractivity contribution in [2.75, 3.05) is 0 Å². The van der Waals surface area contributed by atoms with Crippen LogP contribution < -0.4 is 5.43 Å². The number of aromatic carboxylic acids is 1. The van der Waals surface area contributed by atoms with Crippen molar-refractivity contribution in [3.63, 3.8) is 0 Å². The molecule has 0 atom stereocenters. The molecule has 2 aromatic carbocycles. The molecule has 0 saturated heterocycles. The molecule has 0 radical (unpaired) electrons. The zero-order valence-electron chi connectivity index (χ0n) is 13.4. The van der Waals surface area contributed by atoms with Gasteiger partial charge in [-0.2, -0.15) is 0 Å². The van der Waals surface area contributed by atoms with Crippen LogP contribution >= 0.6 is 0 Å². The summed E-state index contributed by atoms with van der Waals surface area (Å²) in [5, 5.41) is 27.8. The van der Waals surface area contributed by atoms with E-state index >= 15 is 0 Å². The summed E-state index contributed by atoms with van der Waals surface area (Å²) in [4.78, 5) is 47.7. The monoisotopic (exact) mass is 356 g/mol. The molecule has 26 heavy (non-hydrogen) atoms. The Kier molecular flexibility index (Phi) is 3.96. The minimum atomic E-state index is -1.49. The van der Waals surface area contributed by atoms with E-state index in [-0.39, 0.29) is 27.7 Å². The molecule has 3 aromatic rings. The molecule has 0 spiro atoms. The zero-order chi connectivity index (χ0) is 19.2. The maximum absolute atomic E-state index is 12.8. The molecule has 0 aliphatic carbocycles. The molecular formula is C18H12O8. The first kappa shape index (κ1) is 17.2. The third-order valence-corrected chi connectivity index (χ3v) is 3.96. The lowest BCUT2D eigenvalue weighted by molar-refractivity contribution is -0.136. The highest BCUT2D eigenvalue weighted by atomic mass is 16.4. The van der Waals surface area contributed by atoms with E-state index in [9.17, 15) is 29.4 Å². The second-order valence-corrected chi connectivity index (χ2v) is 5.68. The first-order valence-corrected chi connectivity index (χ1v) is 7.42. The van der Waals surface area contributed by atoms with E-state index in [1.165, 1.54) is 18.2 Å². The standard InChI is InChI=1S/C18H12O8/c1-7(19)13-8(6-12(21)22)5-9(18(24)25)14-16(23)15-10(20)3-2-4-11(15)26-17(13)14/h2-5,20H,6H2,1H3,(H,21,22)(H,24,25). The number of hydrogen-bond donors (Lipinski definition) is 3. The number of carboxylic acid groups (broad SMARTS) is 2. The third kappa shape index (κ3) is 2.57. The molecule has 3 rings (SSSR count). The Morgan fingerprint density at radius 1 is 1.12 bits per heavy atom. The quantitative estimate of drug-likeness (QED) is 0.477. The van der Waals surface area contributed by atoms with Crippen LogP contribution in [0.5, 0.6) is 5.75 Å². The number of carbonyl (C=O) groups excluding carboxylic acids is 1. The number of hydrogen-bond acceptors (Lipinski definition) is 6. The number of Topliss-reactive ketones (excluding diaryl/α,β-unsaturated/α-hetero) is 1. The van der Waals surface area contributed by atoms with Gasteiger partial charge in [0.1, 0.15) is 16.7 Å². The van der Waals surface area contributed by atoms with Crippen LogP contribution in [0.25, 0.3) is 21.9 Å². The molecule has 8 nitrogen and oxygen atoms in total. The second-order valence-electron chi connectivity index (χ2n) is 5.68. The van der Waals surface area contributed by atoms with Crippen molar-refractivity contribution in [1.29, 1.82) is 0 Å². The third-order valence-electron chi connectivity index (χ3n) is 3.96. The van der Waals surface area contributed by atoms with Gasteiger partial charge in [0, 0.05) is 0 Å². The van der Waals surface area contributed by atoms with E-state index in [0.717, 1.165) is 13.0 Å². The van der Waals surface area contributed by atoms with Crippen molar-refractivity contribution in [2.45, 2.75) is 13.3 Å². The summed E-state index contributed by atoms with van der Waals surface area (Å²) < 4.78 is 5.58. The number of carboxylic acids is 2. The number of carbonyl (C=O) groups is 3. The van der Waals surface area contributed by atoms with Crippen molar-refractivity contribution >= 4 is 39.7 Å². The SMILES string of the molecule is CC(=O)c1c(CC(=O)O)cc(C(=O)O)c2c(=O)c3c(O)cccc3oc12. The van der Waals surface area contributed by atoms with Gasteiger partial charge in [-0.15, -0.1) is 0 Å². The number of fused-ring (bicyclic) bond motifs is 2. The van der Waals surface area contributed by atoms with E-state index in [2.05, 4.69) is 0 Å². The summed E-state index contributed by atoms with van der Waals surface area (Å²) in [7, 11) is 0. The van der Waals surface area contributed by atoms with Crippen LogP contribution in [0.15, 0.2) is 33.5 Å². The Labute approximate surface area is 144 Å². The van der Waals surface area contributed by atoms with Gasteiger partial charge in [-0.05, 0) is 30.7 Å². The summed E-state index contributed by atoms with van der Waals surface area (Å²) in [6.45, 7) is 1.16. The largest absolute Gasteiger partial charge is 0.507 e. The number of aliphatic carboxylic acids is 1. The topological polar surface area (TPSA) is 142 Å². The summed E-state index contributed by atoms with van der Waals surface area (Å²) in [6, 6.07) is 5.03. The molecule has 8 heteroatoms. The van der Waals surface area contributed by atoms with Crippen LogP contribution in [0, 0.1) is 0 Å². The lowest BCUT2D eigenvalue weighted by Crippen LogP contribution is -2.15. The summed E-state index contributed by atoms with van der Waals surface area (Å²) >= 11 is 0. The number of rotatable bonds is 4. The highest BCUT2D eigenvalue weighted by Crippen LogP contribution is 2.31. The summed E-state index contributed by atoms with van der Waals surface area (Å²) in [6.07, 6.45) is -0.618. The van der Waals surface area contributed by atoms with Crippen molar-refractivity contribution in [3.8, 4) is 5.75 Å². The normalized spacial score (nSPS) is 11.0. The van der Waals surface area contributed by atoms with Crippen molar-refractivity contribution in [1.82, 2.24) is 0 Å². The van der Waals surface area contributed by atoms with Crippen LogP contribution in [-0.2, 0) is 11.2 Å². The van der Waals surface area contributed by atoms with Gasteiger partial charge in [0.05, 0.1) is 22.9 Å². The highest BCUT2D eigenvalue weighted by Gasteiger charge is 2.25. The minimum Gasteiger partial charge on any atom is -0.507 e. The molecule has 1 heterocycles. The van der Waals surface area contributed by atoms with Crippen LogP contribution in [0.3, 0.4) is 0 Å². The predicted octanol–water partition coefficient (Wildman–Crippen LogP) is 2.18. The van der Waals surface area contributed by atoms with Gasteiger partial charge in [-0.1, -0.05) is 6.07 Å². The molecule has 0 bridgehead atoms. The van der Waals surface area contributed by atoms with E-state index in [0.29, 0.717) is 0 Å². The van der Waals surface area contributed by atoms with Gasteiger partial charge in [-0.25, -0.2) is 4.79 Å². The number of benzene rings is 2. The average Bonchev–Trinajstić information content (AvgIpc) is 2.52. The van der Waals surface area contributed by atoms with Crippen LogP contribution in [-0.4, -0.2) is 33.0 Å².